The molecular formula is C22H18F3N5O2. The van der Waals surface area contributed by atoms with Crippen LogP contribution in [-0.2, 0) is 11.0 Å². The minimum atomic E-state index is -4.65. The van der Waals surface area contributed by atoms with Gasteiger partial charge >= 0.3 is 6.18 Å². The highest BCUT2D eigenvalue weighted by Gasteiger charge is 2.39. The summed E-state index contributed by atoms with van der Waals surface area (Å²) in [4.78, 5) is 29.8. The molecule has 0 spiro atoms. The number of fused-ring (bicyclic) bond motifs is 1. The first-order valence-electron chi connectivity index (χ1n) is 9.64. The lowest BCUT2D eigenvalue weighted by Crippen LogP contribution is -2.28. The predicted octanol–water partition coefficient (Wildman–Crippen LogP) is 2.76. The van der Waals surface area contributed by atoms with Crippen molar-refractivity contribution in [3.63, 3.8) is 0 Å². The molecule has 3 aromatic rings. The number of halogens is 3. The van der Waals surface area contributed by atoms with E-state index in [0.29, 0.717) is 18.4 Å². The SMILES string of the molecule is CN1CC[C@@](C)(C#Cc2cc(-n3nc(C(N)=O)c4cccnc43)cc(C(F)(F)F)c2)C1=O. The summed E-state index contributed by atoms with van der Waals surface area (Å²) in [6.07, 6.45) is -2.73. The maximum absolute atomic E-state index is 13.6. The maximum Gasteiger partial charge on any atom is 0.416 e. The summed E-state index contributed by atoms with van der Waals surface area (Å²) in [5.74, 6) is 4.57. The molecule has 10 heteroatoms. The third-order valence-electron chi connectivity index (χ3n) is 5.41. The van der Waals surface area contributed by atoms with Gasteiger partial charge in [0.2, 0.25) is 5.91 Å². The Bertz CT molecular complexity index is 1320. The molecule has 1 aromatic carbocycles. The molecular weight excluding hydrogens is 423 g/mol. The van der Waals surface area contributed by atoms with Gasteiger partial charge in [-0.15, -0.1) is 0 Å². The van der Waals surface area contributed by atoms with Crippen molar-refractivity contribution in [2.24, 2.45) is 11.1 Å². The summed E-state index contributed by atoms with van der Waals surface area (Å²) in [6.45, 7) is 2.20. The Morgan fingerprint density at radius 2 is 2.03 bits per heavy atom. The average molecular weight is 441 g/mol. The number of hydrogen-bond acceptors (Lipinski definition) is 4. The molecule has 1 saturated heterocycles. The van der Waals surface area contributed by atoms with E-state index in [4.69, 9.17) is 5.73 Å². The highest BCUT2D eigenvalue weighted by molar-refractivity contribution is 6.03. The fourth-order valence-electron chi connectivity index (χ4n) is 3.63. The van der Waals surface area contributed by atoms with Crippen LogP contribution in [0.2, 0.25) is 0 Å². The minimum absolute atomic E-state index is 0.0142. The van der Waals surface area contributed by atoms with Crippen LogP contribution in [0, 0.1) is 17.3 Å². The Morgan fingerprint density at radius 3 is 2.66 bits per heavy atom. The second-order valence-corrected chi connectivity index (χ2v) is 7.82. The van der Waals surface area contributed by atoms with E-state index in [2.05, 4.69) is 21.9 Å². The van der Waals surface area contributed by atoms with Crippen molar-refractivity contribution in [2.45, 2.75) is 19.5 Å². The minimum Gasteiger partial charge on any atom is -0.364 e. The monoisotopic (exact) mass is 441 g/mol. The molecule has 2 aromatic heterocycles. The van der Waals surface area contributed by atoms with Crippen molar-refractivity contribution in [3.05, 3.63) is 53.3 Å². The number of nitrogens with two attached hydrogens (primary N) is 1. The lowest BCUT2D eigenvalue weighted by Gasteiger charge is -2.14. The Kier molecular flexibility index (Phi) is 4.92. The summed E-state index contributed by atoms with van der Waals surface area (Å²) in [5, 5.41) is 4.42. The Morgan fingerprint density at radius 1 is 1.28 bits per heavy atom. The van der Waals surface area contributed by atoms with Crippen LogP contribution in [0.25, 0.3) is 16.7 Å². The number of likely N-dealkylation sites (tertiary alicyclic amines) is 1. The zero-order chi connectivity index (χ0) is 23.3. The third-order valence-corrected chi connectivity index (χ3v) is 5.41. The summed E-state index contributed by atoms with van der Waals surface area (Å²) in [7, 11) is 1.66. The number of primary amides is 1. The zero-order valence-corrected chi connectivity index (χ0v) is 17.2. The van der Waals surface area contributed by atoms with Gasteiger partial charge in [-0.2, -0.15) is 18.3 Å². The summed E-state index contributed by atoms with van der Waals surface area (Å²) in [6, 6.07) is 6.34. The van der Waals surface area contributed by atoms with Gasteiger partial charge in [0.05, 0.1) is 16.6 Å². The Labute approximate surface area is 181 Å². The van der Waals surface area contributed by atoms with Gasteiger partial charge in [-0.3, -0.25) is 9.59 Å². The molecule has 164 valence electrons. The first kappa shape index (κ1) is 21.4. The molecule has 1 atom stereocenters. The van der Waals surface area contributed by atoms with E-state index in [1.165, 1.54) is 12.3 Å². The van der Waals surface area contributed by atoms with E-state index in [1.807, 2.05) is 0 Å². The molecule has 0 aliphatic carbocycles. The van der Waals surface area contributed by atoms with Crippen molar-refractivity contribution in [1.29, 1.82) is 0 Å². The van der Waals surface area contributed by atoms with Crippen LogP contribution in [-0.4, -0.2) is 45.1 Å². The number of benzene rings is 1. The molecule has 0 bridgehead atoms. The van der Waals surface area contributed by atoms with Crippen LogP contribution in [0.1, 0.15) is 35.0 Å². The smallest absolute Gasteiger partial charge is 0.364 e. The van der Waals surface area contributed by atoms with E-state index in [1.54, 1.807) is 31.0 Å². The van der Waals surface area contributed by atoms with E-state index >= 15 is 0 Å². The van der Waals surface area contributed by atoms with Gasteiger partial charge in [0, 0.05) is 25.4 Å². The van der Waals surface area contributed by atoms with Crippen molar-refractivity contribution in [2.75, 3.05) is 13.6 Å². The van der Waals surface area contributed by atoms with Crippen molar-refractivity contribution < 1.29 is 22.8 Å². The molecule has 1 fully saturated rings. The molecule has 3 heterocycles. The topological polar surface area (TPSA) is 94.1 Å². The highest BCUT2D eigenvalue weighted by Crippen LogP contribution is 2.33. The van der Waals surface area contributed by atoms with Crippen LogP contribution in [0.5, 0.6) is 0 Å². The van der Waals surface area contributed by atoms with Crippen molar-refractivity contribution in [1.82, 2.24) is 19.7 Å². The van der Waals surface area contributed by atoms with Gasteiger partial charge < -0.3 is 10.6 Å². The average Bonchev–Trinajstić information content (AvgIpc) is 3.26. The number of carbonyl (C=O) groups excluding carboxylic acids is 2. The van der Waals surface area contributed by atoms with Gasteiger partial charge in [-0.05, 0) is 43.7 Å². The molecule has 32 heavy (non-hydrogen) atoms. The molecule has 2 N–H and O–H groups in total. The van der Waals surface area contributed by atoms with Crippen LogP contribution < -0.4 is 5.73 Å². The zero-order valence-electron chi connectivity index (χ0n) is 17.2. The summed E-state index contributed by atoms with van der Waals surface area (Å²) >= 11 is 0. The van der Waals surface area contributed by atoms with Gasteiger partial charge in [-0.1, -0.05) is 11.8 Å². The fourth-order valence-corrected chi connectivity index (χ4v) is 3.63. The van der Waals surface area contributed by atoms with E-state index in [0.717, 1.165) is 16.8 Å². The van der Waals surface area contributed by atoms with Gasteiger partial charge in [0.25, 0.3) is 5.91 Å². The van der Waals surface area contributed by atoms with E-state index in [9.17, 15) is 22.8 Å². The number of nitrogens with zero attached hydrogens (tertiary/aromatic N) is 4. The molecule has 2 amide bonds. The van der Waals surface area contributed by atoms with Crippen LogP contribution in [0.4, 0.5) is 13.2 Å². The second kappa shape index (κ2) is 7.37. The third kappa shape index (κ3) is 3.66. The van der Waals surface area contributed by atoms with Crippen LogP contribution >= 0.6 is 0 Å². The van der Waals surface area contributed by atoms with E-state index < -0.39 is 23.1 Å². The second-order valence-electron chi connectivity index (χ2n) is 7.82. The number of pyridine rings is 1. The van der Waals surface area contributed by atoms with Crippen molar-refractivity contribution >= 4 is 22.8 Å². The molecule has 0 saturated carbocycles. The Hall–Kier alpha value is -3.87. The van der Waals surface area contributed by atoms with Crippen LogP contribution in [0.15, 0.2) is 36.5 Å². The van der Waals surface area contributed by atoms with Gasteiger partial charge in [0.1, 0.15) is 5.41 Å². The summed E-state index contributed by atoms with van der Waals surface area (Å²) < 4.78 is 42.0. The van der Waals surface area contributed by atoms with Crippen molar-refractivity contribution in [3.8, 4) is 17.5 Å². The molecule has 4 rings (SSSR count). The number of hydrogen-bond donors (Lipinski definition) is 1. The predicted molar refractivity (Wildman–Crippen MR) is 110 cm³/mol. The van der Waals surface area contributed by atoms with Crippen LogP contribution in [0.3, 0.4) is 0 Å². The summed E-state index contributed by atoms with van der Waals surface area (Å²) in [5.41, 5.74) is 3.60. The highest BCUT2D eigenvalue weighted by atomic mass is 19.4. The first-order valence-corrected chi connectivity index (χ1v) is 9.64. The molecule has 1 aliphatic rings. The lowest BCUT2D eigenvalue weighted by atomic mass is 9.89. The van der Waals surface area contributed by atoms with E-state index in [-0.39, 0.29) is 28.5 Å². The number of rotatable bonds is 2. The largest absolute Gasteiger partial charge is 0.416 e. The molecule has 0 radical (unpaired) electrons. The van der Waals surface area contributed by atoms with Gasteiger partial charge in [-0.25, -0.2) is 9.67 Å². The number of aromatic nitrogens is 3. The quantitative estimate of drug-likeness (QED) is 0.619. The maximum atomic E-state index is 13.6. The number of carbonyl (C=O) groups is 2. The fraction of sp³-hybridized carbons (Fsp3) is 0.273. The lowest BCUT2D eigenvalue weighted by molar-refractivity contribution is -0.137. The normalized spacial score (nSPS) is 18.7. The van der Waals surface area contributed by atoms with Gasteiger partial charge in [0.15, 0.2) is 11.3 Å². The molecule has 0 unspecified atom stereocenters. The molecule has 1 aliphatic heterocycles. The number of alkyl halides is 3. The number of amides is 2. The first-order chi connectivity index (χ1) is 15.0. The Balaban J connectivity index is 1.89. The standard InChI is InChI=1S/C22H18F3N5O2/c1-21(7-9-29(2)20(21)32)6-5-13-10-14(22(23,24)25)12-15(11-13)30-19-16(4-3-8-27-19)17(28-30)18(26)31/h3-4,8,10-12H,7,9H2,1-2H3,(H2,26,31)/t21-/m1/s1. The molecule has 7 nitrogen and oxygen atoms in total.